The van der Waals surface area contributed by atoms with Gasteiger partial charge in [-0.1, -0.05) is 39.2 Å². The van der Waals surface area contributed by atoms with Gasteiger partial charge in [0.15, 0.2) is 5.78 Å². The first kappa shape index (κ1) is 22.3. The van der Waals surface area contributed by atoms with Crippen LogP contribution < -0.4 is 5.43 Å². The summed E-state index contributed by atoms with van der Waals surface area (Å²) in [7, 11) is 0. The van der Waals surface area contributed by atoms with E-state index in [4.69, 9.17) is 4.74 Å². The molecule has 1 N–H and O–H groups in total. The van der Waals surface area contributed by atoms with E-state index < -0.39 is 5.97 Å². The summed E-state index contributed by atoms with van der Waals surface area (Å²) < 4.78 is 5.56. The van der Waals surface area contributed by atoms with Crippen LogP contribution >= 0.6 is 0 Å². The molecule has 0 aliphatic heterocycles. The number of carbonyl (C=O) groups is 2. The summed E-state index contributed by atoms with van der Waals surface area (Å²) in [6, 6.07) is 7.00. The van der Waals surface area contributed by atoms with Crippen molar-refractivity contribution in [2.75, 3.05) is 12.0 Å². The second-order valence-corrected chi connectivity index (χ2v) is 7.55. The Morgan fingerprint density at radius 1 is 1.26 bits per heavy atom. The molecule has 1 atom stereocenters. The lowest BCUT2D eigenvalue weighted by Crippen LogP contribution is -2.20. The predicted octanol–water partition coefficient (Wildman–Crippen LogP) is 4.73. The van der Waals surface area contributed by atoms with Crippen molar-refractivity contribution in [1.82, 2.24) is 9.97 Å². The van der Waals surface area contributed by atoms with Crippen molar-refractivity contribution < 1.29 is 14.3 Å². The number of rotatable bonds is 9. The minimum atomic E-state index is -0.449. The van der Waals surface area contributed by atoms with E-state index in [1.807, 2.05) is 12.1 Å². The van der Waals surface area contributed by atoms with Gasteiger partial charge in [-0.3, -0.25) is 10.2 Å². The molecule has 0 fully saturated rings. The average Bonchev–Trinajstić information content (AvgIpc) is 2.79. The van der Waals surface area contributed by atoms with E-state index in [2.05, 4.69) is 34.3 Å². The van der Waals surface area contributed by atoms with Crippen molar-refractivity contribution in [3.8, 4) is 0 Å². The van der Waals surface area contributed by atoms with Crippen molar-refractivity contribution >= 4 is 23.3 Å². The number of hydrazone groups is 1. The third-order valence-electron chi connectivity index (χ3n) is 5.28. The van der Waals surface area contributed by atoms with E-state index >= 15 is 0 Å². The molecular formula is C24H28N4O3. The molecule has 0 radical (unpaired) electrons. The van der Waals surface area contributed by atoms with Gasteiger partial charge in [0.2, 0.25) is 0 Å². The minimum Gasteiger partial charge on any atom is -0.462 e. The number of unbranched alkanes of at least 4 members (excludes halogenated alkanes) is 1. The molecule has 2 aromatic rings. The number of anilines is 1. The van der Waals surface area contributed by atoms with Crippen molar-refractivity contribution in [1.29, 1.82) is 0 Å². The predicted molar refractivity (Wildman–Crippen MR) is 120 cm³/mol. The van der Waals surface area contributed by atoms with Crippen LogP contribution in [0.4, 0.5) is 5.82 Å². The van der Waals surface area contributed by atoms with E-state index in [-0.39, 0.29) is 5.78 Å². The summed E-state index contributed by atoms with van der Waals surface area (Å²) in [5.41, 5.74) is 4.93. The zero-order chi connectivity index (χ0) is 22.2. The Morgan fingerprint density at radius 2 is 2.10 bits per heavy atom. The quantitative estimate of drug-likeness (QED) is 0.466. The number of carbonyl (C=O) groups excluding carboxylic acids is 2. The molecule has 0 spiro atoms. The highest BCUT2D eigenvalue weighted by Crippen LogP contribution is 2.21. The zero-order valence-electron chi connectivity index (χ0n) is 18.2. The number of aryl methyl sites for hydroxylation is 1. The van der Waals surface area contributed by atoms with E-state index in [0.29, 0.717) is 46.6 Å². The van der Waals surface area contributed by atoms with E-state index in [1.54, 1.807) is 31.3 Å². The number of nitrogens with zero attached hydrogens (tertiary/aromatic N) is 3. The number of ketones is 1. The molecule has 0 saturated heterocycles. The maximum Gasteiger partial charge on any atom is 0.340 e. The Bertz CT molecular complexity index is 999. The number of esters is 1. The van der Waals surface area contributed by atoms with Crippen LogP contribution in [0, 0.1) is 12.8 Å². The van der Waals surface area contributed by atoms with Gasteiger partial charge in [0, 0.05) is 6.20 Å². The van der Waals surface area contributed by atoms with Gasteiger partial charge < -0.3 is 4.74 Å². The molecule has 7 heteroatoms. The van der Waals surface area contributed by atoms with Crippen LogP contribution in [0.2, 0.25) is 0 Å². The summed E-state index contributed by atoms with van der Waals surface area (Å²) in [5, 5.41) is 4.33. The van der Waals surface area contributed by atoms with Crippen LogP contribution in [0.1, 0.15) is 71.6 Å². The summed E-state index contributed by atoms with van der Waals surface area (Å²) >= 11 is 0. The first-order valence-electron chi connectivity index (χ1n) is 10.7. The number of aromatic nitrogens is 2. The molecule has 1 unspecified atom stereocenters. The van der Waals surface area contributed by atoms with Crippen LogP contribution in [0.5, 0.6) is 0 Å². The molecule has 0 bridgehead atoms. The molecule has 1 aliphatic rings. The van der Waals surface area contributed by atoms with E-state index in [9.17, 15) is 9.59 Å². The molecule has 31 heavy (non-hydrogen) atoms. The van der Waals surface area contributed by atoms with Crippen LogP contribution in [0.15, 0.2) is 47.7 Å². The number of fused-ring (bicyclic) bond motifs is 1. The Hall–Kier alpha value is -3.35. The Labute approximate surface area is 182 Å². The molecule has 1 aliphatic carbocycles. The van der Waals surface area contributed by atoms with Crippen LogP contribution in [-0.2, 0) is 4.74 Å². The number of allylic oxidation sites excluding steroid dienone is 2. The first-order chi connectivity index (χ1) is 15.0. The number of nitrogens with one attached hydrogen (secondary N) is 1. The smallest absolute Gasteiger partial charge is 0.340 e. The fraction of sp³-hybridized carbons (Fsp3) is 0.375. The fourth-order valence-corrected chi connectivity index (χ4v) is 3.32. The summed E-state index contributed by atoms with van der Waals surface area (Å²) in [6.45, 7) is 6.36. The van der Waals surface area contributed by atoms with Crippen molar-refractivity contribution in [2.45, 2.75) is 46.5 Å². The summed E-state index contributed by atoms with van der Waals surface area (Å²) in [5.74, 6) is 0.251. The van der Waals surface area contributed by atoms with Gasteiger partial charge in [0.25, 0.3) is 0 Å². The van der Waals surface area contributed by atoms with Crippen LogP contribution in [0.3, 0.4) is 0 Å². The normalized spacial score (nSPS) is 14.9. The van der Waals surface area contributed by atoms with Crippen molar-refractivity contribution in [3.63, 3.8) is 0 Å². The van der Waals surface area contributed by atoms with Gasteiger partial charge in [-0.05, 0) is 49.6 Å². The largest absolute Gasteiger partial charge is 0.462 e. The topological polar surface area (TPSA) is 93.5 Å². The molecular weight excluding hydrogens is 392 g/mol. The molecule has 0 aromatic carbocycles. The minimum absolute atomic E-state index is 0.220. The summed E-state index contributed by atoms with van der Waals surface area (Å²) in [4.78, 5) is 33.8. The second kappa shape index (κ2) is 10.6. The fourth-order valence-electron chi connectivity index (χ4n) is 3.32. The average molecular weight is 421 g/mol. The third-order valence-corrected chi connectivity index (χ3v) is 5.28. The van der Waals surface area contributed by atoms with Gasteiger partial charge >= 0.3 is 5.97 Å². The van der Waals surface area contributed by atoms with Gasteiger partial charge in [-0.25, -0.2) is 14.8 Å². The number of ether oxygens (including phenoxy) is 1. The van der Waals surface area contributed by atoms with Gasteiger partial charge in [-0.2, -0.15) is 5.10 Å². The standard InChI is InChI=1S/C24H28N4O3/c1-4-6-9-17(5-2)15-31-24(30)18-14-19-21(29)12-11-20(23(19)26-16(18)3)27-28-22-10-7-8-13-25-22/h7-8,10-14,17H,4-6,9,15H2,1-3H3,(H,25,28)/b27-20-. The Kier molecular flexibility index (Phi) is 7.65. The number of hydrogen-bond donors (Lipinski definition) is 1. The third kappa shape index (κ3) is 5.63. The maximum absolute atomic E-state index is 12.7. The molecule has 162 valence electrons. The van der Waals surface area contributed by atoms with E-state index in [0.717, 1.165) is 25.7 Å². The molecule has 3 rings (SSSR count). The molecule has 2 heterocycles. The Balaban J connectivity index is 1.80. The van der Waals surface area contributed by atoms with Crippen molar-refractivity contribution in [2.24, 2.45) is 11.0 Å². The Morgan fingerprint density at radius 3 is 2.81 bits per heavy atom. The number of hydrogen-bond acceptors (Lipinski definition) is 7. The SMILES string of the molecule is CCCCC(CC)COC(=O)c1cc2c(nc1C)/C(=N\Nc1ccccn1)C=CC2=O. The highest BCUT2D eigenvalue weighted by molar-refractivity contribution is 6.23. The zero-order valence-corrected chi connectivity index (χ0v) is 18.2. The summed E-state index contributed by atoms with van der Waals surface area (Å²) in [6.07, 6.45) is 8.91. The van der Waals surface area contributed by atoms with Gasteiger partial charge in [0.05, 0.1) is 23.4 Å². The monoisotopic (exact) mass is 420 g/mol. The van der Waals surface area contributed by atoms with Gasteiger partial charge in [-0.15, -0.1) is 0 Å². The van der Waals surface area contributed by atoms with Crippen LogP contribution in [0.25, 0.3) is 0 Å². The number of pyridine rings is 2. The lowest BCUT2D eigenvalue weighted by atomic mass is 9.96. The maximum atomic E-state index is 12.7. The lowest BCUT2D eigenvalue weighted by Gasteiger charge is -2.17. The second-order valence-electron chi connectivity index (χ2n) is 7.55. The van der Waals surface area contributed by atoms with Gasteiger partial charge in [0.1, 0.15) is 17.2 Å². The van der Waals surface area contributed by atoms with E-state index in [1.165, 1.54) is 6.08 Å². The molecule has 0 amide bonds. The first-order valence-corrected chi connectivity index (χ1v) is 10.7. The molecule has 0 saturated carbocycles. The highest BCUT2D eigenvalue weighted by Gasteiger charge is 2.24. The molecule has 2 aromatic heterocycles. The van der Waals surface area contributed by atoms with Crippen LogP contribution in [-0.4, -0.2) is 34.0 Å². The lowest BCUT2D eigenvalue weighted by molar-refractivity contribution is 0.0426. The molecule has 7 nitrogen and oxygen atoms in total. The highest BCUT2D eigenvalue weighted by atomic mass is 16.5. The van der Waals surface area contributed by atoms with Crippen molar-refractivity contribution in [3.05, 3.63) is 65.1 Å².